The number of benzene rings is 1. The summed E-state index contributed by atoms with van der Waals surface area (Å²) in [5.74, 6) is -0.0998. The van der Waals surface area contributed by atoms with E-state index in [9.17, 15) is 13.2 Å². The van der Waals surface area contributed by atoms with Gasteiger partial charge in [0, 0.05) is 5.92 Å². The van der Waals surface area contributed by atoms with Crippen LogP contribution in [-0.2, 0) is 14.6 Å². The topological polar surface area (TPSA) is 60.4 Å². The van der Waals surface area contributed by atoms with E-state index >= 15 is 0 Å². The van der Waals surface area contributed by atoms with Crippen LogP contribution in [0.15, 0.2) is 24.3 Å². The summed E-state index contributed by atoms with van der Waals surface area (Å²) < 4.78 is 27.6. The fourth-order valence-electron chi connectivity index (χ4n) is 1.97. The van der Waals surface area contributed by atoms with Crippen LogP contribution in [-0.4, -0.2) is 32.5 Å². The number of aryl methyl sites for hydroxylation is 1. The van der Waals surface area contributed by atoms with E-state index in [1.165, 1.54) is 0 Å². The summed E-state index contributed by atoms with van der Waals surface area (Å²) in [5.41, 5.74) is 1.58. The van der Waals surface area contributed by atoms with Crippen molar-refractivity contribution in [1.82, 2.24) is 0 Å². The Bertz CT molecular complexity index is 531. The Morgan fingerprint density at radius 3 is 2.56 bits per heavy atom. The molecule has 0 aliphatic carbocycles. The number of carbonyl (C=O) groups is 1. The van der Waals surface area contributed by atoms with Crippen LogP contribution in [0.4, 0.5) is 0 Å². The van der Waals surface area contributed by atoms with Crippen LogP contribution in [0.1, 0.15) is 22.3 Å². The van der Waals surface area contributed by atoms with Crippen molar-refractivity contribution in [2.75, 3.05) is 18.1 Å². The fraction of sp³-hybridized carbons (Fsp3) is 0.462. The van der Waals surface area contributed by atoms with E-state index in [0.29, 0.717) is 12.0 Å². The molecule has 1 atom stereocenters. The molecule has 0 radical (unpaired) electrons. The van der Waals surface area contributed by atoms with Crippen molar-refractivity contribution in [2.24, 2.45) is 5.92 Å². The number of hydrogen-bond donors (Lipinski definition) is 0. The predicted octanol–water partition coefficient (Wildman–Crippen LogP) is 1.59. The van der Waals surface area contributed by atoms with E-state index in [-0.39, 0.29) is 30.0 Å². The first-order valence-corrected chi connectivity index (χ1v) is 7.73. The lowest BCUT2D eigenvalue weighted by Crippen LogP contribution is -2.15. The molecule has 18 heavy (non-hydrogen) atoms. The van der Waals surface area contributed by atoms with Crippen LogP contribution in [0.25, 0.3) is 0 Å². The van der Waals surface area contributed by atoms with Crippen molar-refractivity contribution in [3.63, 3.8) is 0 Å². The average molecular weight is 268 g/mol. The van der Waals surface area contributed by atoms with Crippen LogP contribution in [0.2, 0.25) is 0 Å². The van der Waals surface area contributed by atoms with Gasteiger partial charge in [-0.3, -0.25) is 0 Å². The summed E-state index contributed by atoms with van der Waals surface area (Å²) in [6.45, 7) is 2.13. The second-order valence-corrected chi connectivity index (χ2v) is 6.96. The summed E-state index contributed by atoms with van der Waals surface area (Å²) in [6, 6.07) is 7.11. The average Bonchev–Trinajstić information content (AvgIpc) is 2.67. The third-order valence-electron chi connectivity index (χ3n) is 3.06. The van der Waals surface area contributed by atoms with E-state index < -0.39 is 9.84 Å². The Labute approximate surface area is 107 Å². The molecule has 0 saturated carbocycles. The first kappa shape index (κ1) is 13.1. The van der Waals surface area contributed by atoms with Crippen LogP contribution in [0.5, 0.6) is 0 Å². The lowest BCUT2D eigenvalue weighted by Gasteiger charge is -2.09. The Morgan fingerprint density at radius 1 is 1.33 bits per heavy atom. The number of ether oxygens (including phenoxy) is 1. The van der Waals surface area contributed by atoms with Gasteiger partial charge in [0.25, 0.3) is 0 Å². The molecule has 1 heterocycles. The van der Waals surface area contributed by atoms with Gasteiger partial charge in [0.2, 0.25) is 0 Å². The molecule has 0 spiro atoms. The minimum Gasteiger partial charge on any atom is -0.462 e. The molecular weight excluding hydrogens is 252 g/mol. The van der Waals surface area contributed by atoms with Gasteiger partial charge in [0.15, 0.2) is 9.84 Å². The molecule has 0 aromatic heterocycles. The molecule has 1 aromatic carbocycles. The maximum atomic E-state index is 11.7. The second kappa shape index (κ2) is 5.10. The highest BCUT2D eigenvalue weighted by atomic mass is 32.2. The monoisotopic (exact) mass is 268 g/mol. The van der Waals surface area contributed by atoms with Crippen LogP contribution in [0, 0.1) is 12.8 Å². The molecule has 4 nitrogen and oxygen atoms in total. The van der Waals surface area contributed by atoms with E-state index in [2.05, 4.69) is 0 Å². The van der Waals surface area contributed by atoms with Gasteiger partial charge in [-0.1, -0.05) is 17.7 Å². The Morgan fingerprint density at radius 2 is 2.00 bits per heavy atom. The normalized spacial score (nSPS) is 21.7. The van der Waals surface area contributed by atoms with Crippen molar-refractivity contribution in [2.45, 2.75) is 13.3 Å². The molecule has 5 heteroatoms. The Hall–Kier alpha value is -1.36. The number of carbonyl (C=O) groups excluding carboxylic acids is 1. The van der Waals surface area contributed by atoms with E-state index in [1.807, 2.05) is 19.1 Å². The summed E-state index contributed by atoms with van der Waals surface area (Å²) in [5, 5.41) is 0. The maximum absolute atomic E-state index is 11.7. The molecule has 0 unspecified atom stereocenters. The predicted molar refractivity (Wildman–Crippen MR) is 68.2 cm³/mol. The van der Waals surface area contributed by atoms with Gasteiger partial charge in [0.1, 0.15) is 0 Å². The Balaban J connectivity index is 1.87. The summed E-state index contributed by atoms with van der Waals surface area (Å²) in [7, 11) is -2.90. The lowest BCUT2D eigenvalue weighted by atomic mass is 10.1. The zero-order valence-electron chi connectivity index (χ0n) is 10.3. The second-order valence-electron chi connectivity index (χ2n) is 4.73. The molecule has 0 N–H and O–H groups in total. The molecular formula is C13H16O4S. The fourth-order valence-corrected chi connectivity index (χ4v) is 3.81. The van der Waals surface area contributed by atoms with Gasteiger partial charge < -0.3 is 4.74 Å². The molecule has 1 aliphatic rings. The Kier molecular flexibility index (Phi) is 3.71. The van der Waals surface area contributed by atoms with Crippen LogP contribution < -0.4 is 0 Å². The molecule has 98 valence electrons. The van der Waals surface area contributed by atoms with Gasteiger partial charge in [0.05, 0.1) is 23.7 Å². The largest absolute Gasteiger partial charge is 0.462 e. The number of esters is 1. The van der Waals surface area contributed by atoms with Crippen LogP contribution in [0.3, 0.4) is 0 Å². The standard InChI is InChI=1S/C13H16O4S/c1-10-2-4-12(5-3-10)13(14)17-8-11-6-7-18(15,16)9-11/h2-5,11H,6-9H2,1H3/t11-/m1/s1. The van der Waals surface area contributed by atoms with Crippen molar-refractivity contribution in [3.8, 4) is 0 Å². The molecule has 1 fully saturated rings. The van der Waals surface area contributed by atoms with Crippen LogP contribution >= 0.6 is 0 Å². The summed E-state index contributed by atoms with van der Waals surface area (Å²) >= 11 is 0. The first-order valence-electron chi connectivity index (χ1n) is 5.90. The quantitative estimate of drug-likeness (QED) is 0.781. The smallest absolute Gasteiger partial charge is 0.338 e. The zero-order chi connectivity index (χ0) is 13.2. The zero-order valence-corrected chi connectivity index (χ0v) is 11.1. The number of sulfone groups is 1. The number of rotatable bonds is 3. The highest BCUT2D eigenvalue weighted by Gasteiger charge is 2.28. The molecule has 1 aromatic rings. The van der Waals surface area contributed by atoms with E-state index in [1.54, 1.807) is 12.1 Å². The minimum atomic E-state index is -2.90. The summed E-state index contributed by atoms with van der Waals surface area (Å²) in [6.07, 6.45) is 0.587. The van der Waals surface area contributed by atoms with E-state index in [4.69, 9.17) is 4.74 Å². The molecule has 0 amide bonds. The third kappa shape index (κ3) is 3.32. The SMILES string of the molecule is Cc1ccc(C(=O)OC[C@H]2CCS(=O)(=O)C2)cc1. The van der Waals surface area contributed by atoms with Crippen molar-refractivity contribution in [1.29, 1.82) is 0 Å². The van der Waals surface area contributed by atoms with Crippen molar-refractivity contribution in [3.05, 3.63) is 35.4 Å². The molecule has 1 aliphatic heterocycles. The van der Waals surface area contributed by atoms with Gasteiger partial charge in [-0.15, -0.1) is 0 Å². The van der Waals surface area contributed by atoms with Gasteiger partial charge >= 0.3 is 5.97 Å². The molecule has 2 rings (SSSR count). The van der Waals surface area contributed by atoms with Crippen molar-refractivity contribution >= 4 is 15.8 Å². The highest BCUT2D eigenvalue weighted by Crippen LogP contribution is 2.19. The third-order valence-corrected chi connectivity index (χ3v) is 4.90. The highest BCUT2D eigenvalue weighted by molar-refractivity contribution is 7.91. The molecule has 1 saturated heterocycles. The summed E-state index contributed by atoms with van der Waals surface area (Å²) in [4.78, 5) is 11.7. The van der Waals surface area contributed by atoms with E-state index in [0.717, 1.165) is 5.56 Å². The van der Waals surface area contributed by atoms with Gasteiger partial charge in [-0.05, 0) is 25.5 Å². The lowest BCUT2D eigenvalue weighted by molar-refractivity contribution is 0.0453. The minimum absolute atomic E-state index is 0.0515. The van der Waals surface area contributed by atoms with Gasteiger partial charge in [-0.2, -0.15) is 0 Å². The molecule has 0 bridgehead atoms. The van der Waals surface area contributed by atoms with Gasteiger partial charge in [-0.25, -0.2) is 13.2 Å². The maximum Gasteiger partial charge on any atom is 0.338 e. The van der Waals surface area contributed by atoms with Crippen molar-refractivity contribution < 1.29 is 17.9 Å². The number of hydrogen-bond acceptors (Lipinski definition) is 4. The first-order chi connectivity index (χ1) is 8.46.